The molecule has 0 aromatic heterocycles. The topological polar surface area (TPSA) is 266 Å². The van der Waals surface area contributed by atoms with Crippen LogP contribution < -0.4 is 36.6 Å². The van der Waals surface area contributed by atoms with Crippen molar-refractivity contribution in [2.45, 2.75) is 107 Å². The summed E-state index contributed by atoms with van der Waals surface area (Å²) in [5.41, 5.74) is -3.42. The number of nitrogens with one attached hydrogen (secondary N) is 6. The van der Waals surface area contributed by atoms with Gasteiger partial charge >= 0.3 is 12.1 Å². The first-order valence-electron chi connectivity index (χ1n) is 19.6. The van der Waals surface area contributed by atoms with Crippen LogP contribution in [-0.2, 0) is 43.0 Å². The van der Waals surface area contributed by atoms with Crippen LogP contribution >= 0.6 is 0 Å². The second kappa shape index (κ2) is 21.7. The number of carbonyl (C=O) groups excluding carboxylic acids is 9. The van der Waals surface area contributed by atoms with Gasteiger partial charge in [-0.05, 0) is 84.0 Å². The minimum absolute atomic E-state index is 0.00742. The fourth-order valence-corrected chi connectivity index (χ4v) is 4.71. The van der Waals surface area contributed by atoms with E-state index in [1.54, 1.807) is 53.7 Å². The van der Waals surface area contributed by atoms with E-state index in [0.29, 0.717) is 11.4 Å². The molecule has 0 aliphatic heterocycles. The first kappa shape index (κ1) is 51.5. The molecule has 1 atom stereocenters. The number of esters is 1. The van der Waals surface area contributed by atoms with E-state index in [2.05, 4.69) is 36.9 Å². The fraction of sp³-hybridized carbons (Fsp3) is 0.488. The SMILES string of the molecule is CC(C)(C)OC(=O)C[C@H](NC(=O)CNC(=O)c1cccc(N=C(NC(=O)C(=O)C(C)(C)C)NC(=O)C(=O)C(C)(C)C)c1)C(=O)Nc1ccc(OCCNC(=O)OC(C)(C)C)cc1. The third kappa shape index (κ3) is 19.2. The van der Waals surface area contributed by atoms with E-state index >= 15 is 0 Å². The van der Waals surface area contributed by atoms with Crippen LogP contribution in [0.15, 0.2) is 53.5 Å². The lowest BCUT2D eigenvalue weighted by molar-refractivity contribution is -0.156. The molecule has 0 bridgehead atoms. The average molecular weight is 866 g/mol. The zero-order valence-electron chi connectivity index (χ0n) is 37.4. The van der Waals surface area contributed by atoms with Crippen molar-refractivity contribution >= 4 is 70.5 Å². The summed E-state index contributed by atoms with van der Waals surface area (Å²) in [4.78, 5) is 119. The molecule has 2 aromatic rings. The van der Waals surface area contributed by atoms with Gasteiger partial charge in [0.1, 0.15) is 29.6 Å². The third-order valence-electron chi connectivity index (χ3n) is 7.60. The number of Topliss-reactive ketones (excluding diaryl/α,β-unsaturated/α-hetero) is 2. The number of ether oxygens (including phenoxy) is 3. The number of hydrogen-bond donors (Lipinski definition) is 6. The predicted octanol–water partition coefficient (Wildman–Crippen LogP) is 3.63. The largest absolute Gasteiger partial charge is 0.492 e. The van der Waals surface area contributed by atoms with Gasteiger partial charge in [-0.3, -0.25) is 49.0 Å². The molecule has 0 saturated heterocycles. The molecule has 0 saturated carbocycles. The molecular weight excluding hydrogens is 807 g/mol. The Bertz CT molecular complexity index is 1990. The number of rotatable bonds is 15. The van der Waals surface area contributed by atoms with Crippen molar-refractivity contribution in [2.24, 2.45) is 15.8 Å². The molecular formula is C43H59N7O12. The summed E-state index contributed by atoms with van der Waals surface area (Å²) in [6.45, 7) is 18.9. The lowest BCUT2D eigenvalue weighted by Crippen LogP contribution is -2.51. The van der Waals surface area contributed by atoms with E-state index in [1.807, 2.05) is 0 Å². The Labute approximate surface area is 361 Å². The first-order valence-corrected chi connectivity index (χ1v) is 19.6. The Morgan fingerprint density at radius 2 is 1.23 bits per heavy atom. The molecule has 0 radical (unpaired) electrons. The third-order valence-corrected chi connectivity index (χ3v) is 7.60. The standard InChI is InChI=1S/C43H59N7O12/c1-40(2,3)32(53)36(57)49-38(50-37(58)33(54)41(4,5)6)47-27-15-13-14-25(22-27)34(55)45-24-30(51)48-29(23-31(52)61-42(7,8)9)35(56)46-26-16-18-28(19-17-26)60-21-20-44-39(59)62-43(10,11)12/h13-19,22,29H,20-21,23-24H2,1-12H3,(H,44,59)(H,45,55)(H,46,56)(H,48,51)(H2,47,49,50,57,58)/t29-/m0/s1. The number of amides is 6. The summed E-state index contributed by atoms with van der Waals surface area (Å²) in [7, 11) is 0. The zero-order chi connectivity index (χ0) is 47.2. The van der Waals surface area contributed by atoms with Crippen molar-refractivity contribution in [2.75, 3.05) is 25.0 Å². The molecule has 6 N–H and O–H groups in total. The van der Waals surface area contributed by atoms with Gasteiger partial charge in [0.2, 0.25) is 29.3 Å². The molecule has 0 spiro atoms. The average Bonchev–Trinajstić information content (AvgIpc) is 3.13. The minimum Gasteiger partial charge on any atom is -0.492 e. The second-order valence-corrected chi connectivity index (χ2v) is 18.0. The molecule has 62 heavy (non-hydrogen) atoms. The molecule has 0 aliphatic carbocycles. The van der Waals surface area contributed by atoms with Gasteiger partial charge in [0, 0.05) is 22.1 Å². The quantitative estimate of drug-likeness (QED) is 0.0493. The van der Waals surface area contributed by atoms with Gasteiger partial charge in [0.15, 0.2) is 0 Å². The van der Waals surface area contributed by atoms with E-state index in [-0.39, 0.29) is 24.4 Å². The maximum atomic E-state index is 13.4. The Kier molecular flexibility index (Phi) is 18.0. The van der Waals surface area contributed by atoms with E-state index in [9.17, 15) is 43.2 Å². The van der Waals surface area contributed by atoms with E-state index < -0.39 is 100 Å². The van der Waals surface area contributed by atoms with Gasteiger partial charge in [0.25, 0.3) is 17.7 Å². The zero-order valence-corrected chi connectivity index (χ0v) is 37.4. The van der Waals surface area contributed by atoms with Gasteiger partial charge in [-0.1, -0.05) is 47.6 Å². The molecule has 0 aliphatic rings. The summed E-state index contributed by atoms with van der Waals surface area (Å²) in [5, 5.41) is 14.5. The smallest absolute Gasteiger partial charge is 0.407 e. The number of alkyl carbamates (subject to hydrolysis) is 1. The number of aliphatic imine (C=N–C) groups is 1. The van der Waals surface area contributed by atoms with Gasteiger partial charge < -0.3 is 35.5 Å². The molecule has 19 heteroatoms. The molecule has 2 aromatic carbocycles. The summed E-state index contributed by atoms with van der Waals surface area (Å²) in [6.07, 6.45) is -1.13. The Morgan fingerprint density at radius 3 is 1.74 bits per heavy atom. The molecule has 6 amide bonds. The number of benzene rings is 2. The van der Waals surface area contributed by atoms with Crippen molar-refractivity contribution in [1.82, 2.24) is 26.6 Å². The molecule has 0 heterocycles. The van der Waals surface area contributed by atoms with E-state index in [1.165, 1.54) is 77.9 Å². The molecule has 0 unspecified atom stereocenters. The Balaban J connectivity index is 2.17. The van der Waals surface area contributed by atoms with Crippen LogP contribution in [0.25, 0.3) is 0 Å². The minimum atomic E-state index is -1.43. The monoisotopic (exact) mass is 865 g/mol. The van der Waals surface area contributed by atoms with E-state index in [4.69, 9.17) is 14.2 Å². The van der Waals surface area contributed by atoms with Crippen LogP contribution in [-0.4, -0.2) is 96.1 Å². The van der Waals surface area contributed by atoms with Gasteiger partial charge in [0.05, 0.1) is 25.2 Å². The Morgan fingerprint density at radius 1 is 0.677 bits per heavy atom. The highest BCUT2D eigenvalue weighted by Gasteiger charge is 2.32. The summed E-state index contributed by atoms with van der Waals surface area (Å²) >= 11 is 0. The normalized spacial score (nSPS) is 12.0. The van der Waals surface area contributed by atoms with Crippen LogP contribution in [0.4, 0.5) is 16.2 Å². The van der Waals surface area contributed by atoms with Crippen LogP contribution in [0.3, 0.4) is 0 Å². The van der Waals surface area contributed by atoms with Gasteiger partial charge in [-0.15, -0.1) is 0 Å². The maximum Gasteiger partial charge on any atom is 0.407 e. The van der Waals surface area contributed by atoms with Crippen LogP contribution in [0, 0.1) is 10.8 Å². The second-order valence-electron chi connectivity index (χ2n) is 18.0. The fourth-order valence-electron chi connectivity index (χ4n) is 4.71. The summed E-state index contributed by atoms with van der Waals surface area (Å²) in [5.74, 6) is -7.14. The van der Waals surface area contributed by atoms with Crippen molar-refractivity contribution < 1.29 is 57.4 Å². The number of ketones is 2. The molecule has 19 nitrogen and oxygen atoms in total. The first-order chi connectivity index (χ1) is 28.4. The number of nitrogens with zero attached hydrogens (tertiary/aromatic N) is 1. The van der Waals surface area contributed by atoms with Crippen LogP contribution in [0.2, 0.25) is 0 Å². The highest BCUT2D eigenvalue weighted by atomic mass is 16.6. The van der Waals surface area contributed by atoms with Crippen molar-refractivity contribution in [3.05, 3.63) is 54.1 Å². The van der Waals surface area contributed by atoms with Crippen LogP contribution in [0.1, 0.15) is 99.9 Å². The van der Waals surface area contributed by atoms with Crippen LogP contribution in [0.5, 0.6) is 5.75 Å². The van der Waals surface area contributed by atoms with Crippen molar-refractivity contribution in [3.8, 4) is 5.75 Å². The Hall–Kier alpha value is -6.66. The number of guanidine groups is 1. The molecule has 0 fully saturated rings. The molecule has 338 valence electrons. The number of carbonyl (C=O) groups is 9. The highest BCUT2D eigenvalue weighted by Crippen LogP contribution is 2.19. The number of hydrogen-bond acceptors (Lipinski definition) is 13. The lowest BCUT2D eigenvalue weighted by atomic mass is 9.90. The summed E-state index contributed by atoms with van der Waals surface area (Å²) < 4.78 is 16.1. The lowest BCUT2D eigenvalue weighted by Gasteiger charge is -2.23. The highest BCUT2D eigenvalue weighted by molar-refractivity contribution is 6.43. The van der Waals surface area contributed by atoms with E-state index in [0.717, 1.165) is 0 Å². The summed E-state index contributed by atoms with van der Waals surface area (Å²) in [6, 6.07) is 10.2. The van der Waals surface area contributed by atoms with Crippen molar-refractivity contribution in [1.29, 1.82) is 0 Å². The number of anilines is 1. The van der Waals surface area contributed by atoms with Gasteiger partial charge in [-0.2, -0.15) is 0 Å². The predicted molar refractivity (Wildman–Crippen MR) is 228 cm³/mol. The van der Waals surface area contributed by atoms with Crippen molar-refractivity contribution in [3.63, 3.8) is 0 Å². The maximum absolute atomic E-state index is 13.4. The van der Waals surface area contributed by atoms with Gasteiger partial charge in [-0.25, -0.2) is 9.79 Å². The molecule has 2 rings (SSSR count).